The average molecular weight is 336 g/mol. The van der Waals surface area contributed by atoms with Crippen LogP contribution in [0.5, 0.6) is 0 Å². The van der Waals surface area contributed by atoms with Gasteiger partial charge in [0.1, 0.15) is 4.75 Å². The lowest BCUT2D eigenvalue weighted by molar-refractivity contribution is -0.126. The summed E-state index contributed by atoms with van der Waals surface area (Å²) in [6.45, 7) is 0.885. The van der Waals surface area contributed by atoms with E-state index in [9.17, 15) is 13.2 Å². The van der Waals surface area contributed by atoms with Crippen LogP contribution in [0.1, 0.15) is 37.3 Å². The zero-order valence-electron chi connectivity index (χ0n) is 13.7. The molecule has 2 fully saturated rings. The van der Waals surface area contributed by atoms with Crippen LogP contribution < -0.4 is 5.32 Å². The van der Waals surface area contributed by atoms with Gasteiger partial charge in [-0.25, -0.2) is 8.42 Å². The van der Waals surface area contributed by atoms with Crippen LogP contribution in [0, 0.1) is 0 Å². The first kappa shape index (κ1) is 16.5. The van der Waals surface area contributed by atoms with Crippen molar-refractivity contribution in [2.75, 3.05) is 19.8 Å². The minimum atomic E-state index is -3.39. The third-order valence-corrected chi connectivity index (χ3v) is 7.40. The van der Waals surface area contributed by atoms with Gasteiger partial charge in [0.2, 0.25) is 5.91 Å². The van der Waals surface area contributed by atoms with Crippen molar-refractivity contribution in [1.82, 2.24) is 10.2 Å². The van der Waals surface area contributed by atoms with Crippen LogP contribution in [-0.2, 0) is 14.6 Å². The number of rotatable bonds is 4. The van der Waals surface area contributed by atoms with E-state index in [4.69, 9.17) is 0 Å². The minimum Gasteiger partial charge on any atom is -0.350 e. The van der Waals surface area contributed by atoms with Crippen molar-refractivity contribution < 1.29 is 13.2 Å². The topological polar surface area (TPSA) is 66.5 Å². The Kier molecular flexibility index (Phi) is 4.23. The number of benzene rings is 1. The first-order chi connectivity index (χ1) is 10.8. The molecular formula is C17H24N2O3S. The van der Waals surface area contributed by atoms with Crippen LogP contribution in [0.3, 0.4) is 0 Å². The predicted molar refractivity (Wildman–Crippen MR) is 89.8 cm³/mol. The molecule has 6 heteroatoms. The minimum absolute atomic E-state index is 0.0471. The second kappa shape index (κ2) is 5.91. The van der Waals surface area contributed by atoms with Crippen LogP contribution in [0.15, 0.2) is 30.3 Å². The maximum Gasteiger partial charge on any atom is 0.241 e. The van der Waals surface area contributed by atoms with Crippen molar-refractivity contribution in [3.63, 3.8) is 0 Å². The Morgan fingerprint density at radius 2 is 1.91 bits per heavy atom. The lowest BCUT2D eigenvalue weighted by atomic mass is 9.83. The Bertz CT molecular complexity index is 683. The number of carbonyl (C=O) groups is 1. The predicted octanol–water partition coefficient (Wildman–Crippen LogP) is 1.52. The lowest BCUT2D eigenvalue weighted by Crippen LogP contribution is -2.58. The van der Waals surface area contributed by atoms with Gasteiger partial charge >= 0.3 is 0 Å². The number of carbonyl (C=O) groups excluding carboxylic acids is 1. The largest absolute Gasteiger partial charge is 0.350 e. The van der Waals surface area contributed by atoms with Crippen LogP contribution in [0.4, 0.5) is 0 Å². The van der Waals surface area contributed by atoms with Crippen LogP contribution in [-0.4, -0.2) is 49.9 Å². The molecule has 1 heterocycles. The van der Waals surface area contributed by atoms with Gasteiger partial charge < -0.3 is 5.32 Å². The molecule has 1 saturated heterocycles. The molecule has 1 aromatic carbocycles. The normalized spacial score (nSPS) is 27.4. The highest BCUT2D eigenvalue weighted by Gasteiger charge is 2.53. The van der Waals surface area contributed by atoms with Gasteiger partial charge in [0.05, 0.1) is 6.04 Å². The molecule has 1 N–H and O–H groups in total. The fraction of sp³-hybridized carbons (Fsp3) is 0.588. The Morgan fingerprint density at radius 1 is 1.26 bits per heavy atom. The number of likely N-dealkylation sites (tertiary alicyclic amines) is 1. The molecule has 0 bridgehead atoms. The van der Waals surface area contributed by atoms with E-state index in [-0.39, 0.29) is 18.0 Å². The Hall–Kier alpha value is -1.40. The fourth-order valence-electron chi connectivity index (χ4n) is 3.80. The standard InChI is InChI=1S/C17H24N2O3S/c1-19-12-9-14(15(19)13-7-4-3-5-8-13)18-16(20)17(10-6-11-17)23(2,21)22/h3-5,7-8,14-15H,6,9-12H2,1-2H3,(H,18,20)/t14-,15-/m1/s1. The second-order valence-corrected chi connectivity index (χ2v) is 9.15. The number of hydrogen-bond donors (Lipinski definition) is 1. The number of nitrogens with one attached hydrogen (secondary N) is 1. The number of sulfone groups is 1. The maximum absolute atomic E-state index is 12.7. The first-order valence-electron chi connectivity index (χ1n) is 8.11. The van der Waals surface area contributed by atoms with E-state index < -0.39 is 14.6 Å². The van der Waals surface area contributed by atoms with E-state index in [0.717, 1.165) is 24.9 Å². The molecule has 3 rings (SSSR count). The van der Waals surface area contributed by atoms with Crippen molar-refractivity contribution >= 4 is 15.7 Å². The maximum atomic E-state index is 12.7. The molecule has 1 amide bonds. The molecule has 0 aromatic heterocycles. The molecule has 5 nitrogen and oxygen atoms in total. The number of likely N-dealkylation sites (N-methyl/N-ethyl adjacent to an activating group) is 1. The van der Waals surface area contributed by atoms with Crippen molar-refractivity contribution in [2.45, 2.75) is 42.5 Å². The van der Waals surface area contributed by atoms with Gasteiger partial charge in [0.25, 0.3) is 0 Å². The van der Waals surface area contributed by atoms with Gasteiger partial charge in [-0.3, -0.25) is 9.69 Å². The molecule has 1 saturated carbocycles. The van der Waals surface area contributed by atoms with Gasteiger partial charge in [-0.2, -0.15) is 0 Å². The second-order valence-electron chi connectivity index (χ2n) is 6.82. The quantitative estimate of drug-likeness (QED) is 0.905. The summed E-state index contributed by atoms with van der Waals surface area (Å²) in [5, 5.41) is 3.05. The van der Waals surface area contributed by atoms with E-state index in [1.165, 1.54) is 6.26 Å². The molecule has 1 aromatic rings. The first-order valence-corrected chi connectivity index (χ1v) is 10.00. The van der Waals surface area contributed by atoms with Gasteiger partial charge in [0, 0.05) is 18.8 Å². The highest BCUT2D eigenvalue weighted by molar-refractivity contribution is 7.93. The summed E-state index contributed by atoms with van der Waals surface area (Å²) in [6, 6.07) is 10.1. The third kappa shape index (κ3) is 2.78. The van der Waals surface area contributed by atoms with E-state index in [2.05, 4.69) is 22.3 Å². The van der Waals surface area contributed by atoms with Crippen LogP contribution >= 0.6 is 0 Å². The monoisotopic (exact) mass is 336 g/mol. The van der Waals surface area contributed by atoms with Gasteiger partial charge in [-0.05, 0) is 38.3 Å². The zero-order valence-corrected chi connectivity index (χ0v) is 14.5. The molecule has 0 unspecified atom stereocenters. The molecule has 23 heavy (non-hydrogen) atoms. The average Bonchev–Trinajstić information content (AvgIpc) is 2.77. The number of hydrogen-bond acceptors (Lipinski definition) is 4. The molecule has 2 atom stereocenters. The van der Waals surface area contributed by atoms with Gasteiger partial charge in [-0.1, -0.05) is 30.3 Å². The lowest BCUT2D eigenvalue weighted by Gasteiger charge is -2.39. The summed E-state index contributed by atoms with van der Waals surface area (Å²) < 4.78 is 23.0. The van der Waals surface area contributed by atoms with Crippen molar-refractivity contribution in [1.29, 1.82) is 0 Å². The molecule has 0 radical (unpaired) electrons. The van der Waals surface area contributed by atoms with Crippen LogP contribution in [0.25, 0.3) is 0 Å². The smallest absolute Gasteiger partial charge is 0.241 e. The Morgan fingerprint density at radius 3 is 2.43 bits per heavy atom. The van der Waals surface area contributed by atoms with E-state index >= 15 is 0 Å². The number of amides is 1. The van der Waals surface area contributed by atoms with Crippen molar-refractivity contribution in [3.05, 3.63) is 35.9 Å². The highest BCUT2D eigenvalue weighted by atomic mass is 32.2. The van der Waals surface area contributed by atoms with Crippen LogP contribution in [0.2, 0.25) is 0 Å². The van der Waals surface area contributed by atoms with E-state index in [1.807, 2.05) is 25.2 Å². The SMILES string of the molecule is CN1CC[C@@H](NC(=O)C2(S(C)(=O)=O)CCC2)[C@H]1c1ccccc1. The highest BCUT2D eigenvalue weighted by Crippen LogP contribution is 2.40. The molecule has 1 aliphatic carbocycles. The van der Waals surface area contributed by atoms with E-state index in [1.54, 1.807) is 0 Å². The number of nitrogens with zero attached hydrogens (tertiary/aromatic N) is 1. The summed E-state index contributed by atoms with van der Waals surface area (Å²) >= 11 is 0. The molecule has 1 aliphatic heterocycles. The summed E-state index contributed by atoms with van der Waals surface area (Å²) in [5.74, 6) is -0.313. The van der Waals surface area contributed by atoms with E-state index in [0.29, 0.717) is 12.8 Å². The van der Waals surface area contributed by atoms with Crippen molar-refractivity contribution in [3.8, 4) is 0 Å². The summed E-state index contributed by atoms with van der Waals surface area (Å²) in [4.78, 5) is 14.9. The van der Waals surface area contributed by atoms with Gasteiger partial charge in [0.15, 0.2) is 9.84 Å². The molecular weight excluding hydrogens is 312 g/mol. The fourth-order valence-corrected chi connectivity index (χ4v) is 5.22. The van der Waals surface area contributed by atoms with Crippen molar-refractivity contribution in [2.24, 2.45) is 0 Å². The Balaban J connectivity index is 1.80. The molecule has 0 spiro atoms. The summed E-state index contributed by atoms with van der Waals surface area (Å²) in [6.07, 6.45) is 3.70. The molecule has 126 valence electrons. The third-order valence-electron chi connectivity index (χ3n) is 5.39. The summed E-state index contributed by atoms with van der Waals surface area (Å²) in [7, 11) is -1.35. The Labute approximate surface area is 138 Å². The zero-order chi connectivity index (χ0) is 16.7. The van der Waals surface area contributed by atoms with Gasteiger partial charge in [-0.15, -0.1) is 0 Å². The molecule has 2 aliphatic rings. The summed E-state index contributed by atoms with van der Waals surface area (Å²) in [5.41, 5.74) is 1.15.